The lowest BCUT2D eigenvalue weighted by Gasteiger charge is -2.23. The van der Waals surface area contributed by atoms with Crippen molar-refractivity contribution in [2.75, 3.05) is 12.4 Å². The first kappa shape index (κ1) is 15.2. The van der Waals surface area contributed by atoms with E-state index in [2.05, 4.69) is 10.1 Å². The third-order valence-corrected chi connectivity index (χ3v) is 4.40. The molecule has 1 amide bonds. The second-order valence-corrected chi connectivity index (χ2v) is 5.98. The van der Waals surface area contributed by atoms with Gasteiger partial charge in [-0.3, -0.25) is 4.79 Å². The number of methoxy groups -OCH3 is 1. The third kappa shape index (κ3) is 3.09. The Morgan fingerprint density at radius 1 is 1.26 bits per heavy atom. The van der Waals surface area contributed by atoms with Crippen molar-refractivity contribution in [3.8, 4) is 0 Å². The Morgan fingerprint density at radius 3 is 2.83 bits per heavy atom. The fraction of sp³-hybridized carbons (Fsp3) is 0.188. The van der Waals surface area contributed by atoms with Crippen LogP contribution in [-0.4, -0.2) is 31.1 Å². The molecule has 0 aliphatic carbocycles. The Hall–Kier alpha value is -2.67. The van der Waals surface area contributed by atoms with Crippen LogP contribution in [0.15, 0.2) is 36.4 Å². The summed E-state index contributed by atoms with van der Waals surface area (Å²) in [6.45, 7) is 0. The summed E-state index contributed by atoms with van der Waals surface area (Å²) in [4.78, 5) is 36.0. The smallest absolute Gasteiger partial charge is 0.348 e. The van der Waals surface area contributed by atoms with Gasteiger partial charge in [-0.2, -0.15) is 0 Å². The van der Waals surface area contributed by atoms with E-state index >= 15 is 0 Å². The lowest BCUT2D eigenvalue weighted by Crippen LogP contribution is -2.37. The van der Waals surface area contributed by atoms with Crippen LogP contribution in [0.3, 0.4) is 0 Å². The van der Waals surface area contributed by atoms with Crippen LogP contribution in [0.1, 0.15) is 25.6 Å². The van der Waals surface area contributed by atoms with Crippen LogP contribution in [0.4, 0.5) is 5.00 Å². The normalized spacial score (nSPS) is 16.2. The van der Waals surface area contributed by atoms with Crippen molar-refractivity contribution >= 4 is 34.2 Å². The Kier molecular flexibility index (Phi) is 4.12. The van der Waals surface area contributed by atoms with Crippen molar-refractivity contribution in [3.63, 3.8) is 0 Å². The number of amides is 1. The quantitative estimate of drug-likeness (QED) is 0.873. The molecule has 0 bridgehead atoms. The Labute approximate surface area is 136 Å². The van der Waals surface area contributed by atoms with E-state index in [0.29, 0.717) is 21.9 Å². The highest BCUT2D eigenvalue weighted by Crippen LogP contribution is 2.25. The molecular weight excluding hydrogens is 318 g/mol. The lowest BCUT2D eigenvalue weighted by molar-refractivity contribution is -0.125. The van der Waals surface area contributed by atoms with E-state index in [1.165, 1.54) is 7.11 Å². The van der Waals surface area contributed by atoms with E-state index in [1.807, 2.05) is 6.07 Å². The number of carbonyl (C=O) groups excluding carboxylic acids is 3. The maximum Gasteiger partial charge on any atom is 0.348 e. The minimum atomic E-state index is -0.888. The van der Waals surface area contributed by atoms with Crippen molar-refractivity contribution < 1.29 is 23.9 Å². The topological polar surface area (TPSA) is 81.7 Å². The van der Waals surface area contributed by atoms with Crippen LogP contribution in [0, 0.1) is 0 Å². The number of benzene rings is 1. The molecule has 2 aromatic rings. The highest BCUT2D eigenvalue weighted by Gasteiger charge is 2.31. The van der Waals surface area contributed by atoms with Gasteiger partial charge in [0, 0.05) is 6.42 Å². The van der Waals surface area contributed by atoms with Crippen LogP contribution in [-0.2, 0) is 20.7 Å². The highest BCUT2D eigenvalue weighted by molar-refractivity contribution is 7.18. The molecule has 1 aromatic carbocycles. The minimum absolute atomic E-state index is 0.322. The number of thiophene rings is 1. The molecule has 0 saturated carbocycles. The monoisotopic (exact) mass is 331 g/mol. The lowest BCUT2D eigenvalue weighted by atomic mass is 9.98. The molecule has 2 heterocycles. The first-order valence-corrected chi connectivity index (χ1v) is 7.68. The SMILES string of the molecule is COC(=O)c1ccc(NC(=O)C2Cc3ccccc3C(=O)O2)s1. The van der Waals surface area contributed by atoms with Gasteiger partial charge in [0.25, 0.3) is 5.91 Å². The Balaban J connectivity index is 1.71. The van der Waals surface area contributed by atoms with Gasteiger partial charge in [-0.15, -0.1) is 11.3 Å². The molecule has 23 heavy (non-hydrogen) atoms. The number of carbonyl (C=O) groups is 3. The molecule has 118 valence electrons. The molecule has 1 atom stereocenters. The average Bonchev–Trinajstić information content (AvgIpc) is 3.02. The molecular formula is C16H13NO5S. The number of esters is 2. The number of cyclic esters (lactones) is 1. The molecule has 0 spiro atoms. The van der Waals surface area contributed by atoms with Crippen LogP contribution in [0.5, 0.6) is 0 Å². The third-order valence-electron chi connectivity index (χ3n) is 3.42. The number of fused-ring (bicyclic) bond motifs is 1. The summed E-state index contributed by atoms with van der Waals surface area (Å²) in [6.07, 6.45) is -0.565. The van der Waals surface area contributed by atoms with Crippen molar-refractivity contribution in [1.29, 1.82) is 0 Å². The number of hydrogen-bond donors (Lipinski definition) is 1. The van der Waals surface area contributed by atoms with Gasteiger partial charge in [-0.25, -0.2) is 9.59 Å². The Bertz CT molecular complexity index is 782. The number of anilines is 1. The molecule has 1 aliphatic rings. The fourth-order valence-electron chi connectivity index (χ4n) is 2.30. The molecule has 0 saturated heterocycles. The Morgan fingerprint density at radius 2 is 2.04 bits per heavy atom. The molecule has 1 N–H and O–H groups in total. The van der Waals surface area contributed by atoms with Gasteiger partial charge >= 0.3 is 11.9 Å². The van der Waals surface area contributed by atoms with Crippen LogP contribution in [0.25, 0.3) is 0 Å². The zero-order chi connectivity index (χ0) is 16.4. The van der Waals surface area contributed by atoms with Gasteiger partial charge in [0.1, 0.15) is 4.88 Å². The predicted octanol–water partition coefficient (Wildman–Crippen LogP) is 2.25. The molecule has 1 aromatic heterocycles. The average molecular weight is 331 g/mol. The predicted molar refractivity (Wildman–Crippen MR) is 83.6 cm³/mol. The van der Waals surface area contributed by atoms with Crippen molar-refractivity contribution in [2.24, 2.45) is 0 Å². The summed E-state index contributed by atoms with van der Waals surface area (Å²) >= 11 is 1.10. The van der Waals surface area contributed by atoms with Gasteiger partial charge in [-0.05, 0) is 23.8 Å². The highest BCUT2D eigenvalue weighted by atomic mass is 32.1. The largest absolute Gasteiger partial charge is 0.465 e. The first-order chi connectivity index (χ1) is 11.1. The molecule has 1 aliphatic heterocycles. The van der Waals surface area contributed by atoms with Gasteiger partial charge in [0.15, 0.2) is 6.10 Å². The van der Waals surface area contributed by atoms with Gasteiger partial charge in [0.05, 0.1) is 17.7 Å². The maximum atomic E-state index is 12.3. The van der Waals surface area contributed by atoms with Gasteiger partial charge in [0.2, 0.25) is 0 Å². The van der Waals surface area contributed by atoms with Crippen molar-refractivity contribution in [3.05, 3.63) is 52.4 Å². The molecule has 0 fully saturated rings. The second-order valence-electron chi connectivity index (χ2n) is 4.90. The van der Waals surface area contributed by atoms with E-state index in [-0.39, 0.29) is 0 Å². The summed E-state index contributed by atoms with van der Waals surface area (Å²) in [6, 6.07) is 10.2. The van der Waals surface area contributed by atoms with E-state index < -0.39 is 23.9 Å². The van der Waals surface area contributed by atoms with Crippen molar-refractivity contribution in [2.45, 2.75) is 12.5 Å². The maximum absolute atomic E-state index is 12.3. The number of rotatable bonds is 3. The summed E-state index contributed by atoms with van der Waals surface area (Å²) in [5.74, 6) is -1.40. The van der Waals surface area contributed by atoms with E-state index in [4.69, 9.17) is 4.74 Å². The second kappa shape index (κ2) is 6.21. The van der Waals surface area contributed by atoms with E-state index in [9.17, 15) is 14.4 Å². The van der Waals surface area contributed by atoms with E-state index in [0.717, 1.165) is 16.9 Å². The molecule has 0 radical (unpaired) electrons. The number of hydrogen-bond acceptors (Lipinski definition) is 6. The summed E-state index contributed by atoms with van der Waals surface area (Å²) in [5, 5.41) is 3.15. The van der Waals surface area contributed by atoms with Crippen LogP contribution < -0.4 is 5.32 Å². The summed E-state index contributed by atoms with van der Waals surface area (Å²) in [7, 11) is 1.29. The number of nitrogens with one attached hydrogen (secondary N) is 1. The van der Waals surface area contributed by atoms with Gasteiger partial charge < -0.3 is 14.8 Å². The summed E-state index contributed by atoms with van der Waals surface area (Å²) < 4.78 is 9.80. The molecule has 1 unspecified atom stereocenters. The molecule has 3 rings (SSSR count). The zero-order valence-corrected chi connectivity index (χ0v) is 13.0. The standard InChI is InChI=1S/C16H13NO5S/c1-21-16(20)12-6-7-13(23-12)17-14(18)11-8-9-4-2-3-5-10(9)15(19)22-11/h2-7,11H,8H2,1H3,(H,17,18). The number of ether oxygens (including phenoxy) is 2. The fourth-order valence-corrected chi connectivity index (χ4v) is 3.12. The minimum Gasteiger partial charge on any atom is -0.465 e. The zero-order valence-electron chi connectivity index (χ0n) is 12.2. The van der Waals surface area contributed by atoms with Gasteiger partial charge in [-0.1, -0.05) is 18.2 Å². The molecule has 7 heteroatoms. The van der Waals surface area contributed by atoms with E-state index in [1.54, 1.807) is 30.3 Å². The van der Waals surface area contributed by atoms with Crippen LogP contribution >= 0.6 is 11.3 Å². The summed E-state index contributed by atoms with van der Waals surface area (Å²) in [5.41, 5.74) is 1.27. The van der Waals surface area contributed by atoms with Crippen molar-refractivity contribution in [1.82, 2.24) is 0 Å². The first-order valence-electron chi connectivity index (χ1n) is 6.86. The molecule has 6 nitrogen and oxygen atoms in total. The van der Waals surface area contributed by atoms with Crippen LogP contribution in [0.2, 0.25) is 0 Å².